The fourth-order valence-corrected chi connectivity index (χ4v) is 2.15. The fraction of sp³-hybridized carbons (Fsp3) is 0.231. The van der Waals surface area contributed by atoms with Gasteiger partial charge in [0.2, 0.25) is 0 Å². The molecule has 19 heavy (non-hydrogen) atoms. The van der Waals surface area contributed by atoms with Crippen molar-refractivity contribution in [3.63, 3.8) is 0 Å². The molecule has 0 saturated carbocycles. The van der Waals surface area contributed by atoms with E-state index in [1.165, 1.54) is 0 Å². The van der Waals surface area contributed by atoms with E-state index in [2.05, 4.69) is 10.3 Å². The zero-order chi connectivity index (χ0) is 13.7. The van der Waals surface area contributed by atoms with E-state index in [4.69, 9.17) is 10.5 Å². The number of rotatable bonds is 5. The minimum Gasteiger partial charge on any atom is -0.484 e. The van der Waals surface area contributed by atoms with Crippen molar-refractivity contribution in [3.05, 3.63) is 40.3 Å². The minimum absolute atomic E-state index is 0.0196. The number of carbonyl (C=O) groups excluding carboxylic acids is 1. The summed E-state index contributed by atoms with van der Waals surface area (Å²) in [4.78, 5) is 16.9. The molecule has 3 N–H and O–H groups in total. The first-order chi connectivity index (χ1) is 9.13. The summed E-state index contributed by atoms with van der Waals surface area (Å²) in [5.74, 6) is 0.444. The summed E-state index contributed by atoms with van der Waals surface area (Å²) >= 11 is 1.57. The van der Waals surface area contributed by atoms with Crippen molar-refractivity contribution in [1.82, 2.24) is 10.3 Å². The average Bonchev–Trinajstić information content (AvgIpc) is 2.81. The number of nitrogens with two attached hydrogens (primary N) is 1. The number of ether oxygens (including phenoxy) is 1. The lowest BCUT2D eigenvalue weighted by Crippen LogP contribution is -2.28. The predicted molar refractivity (Wildman–Crippen MR) is 75.0 cm³/mol. The van der Waals surface area contributed by atoms with Crippen molar-refractivity contribution in [2.24, 2.45) is 0 Å². The molecule has 1 heterocycles. The van der Waals surface area contributed by atoms with Crippen molar-refractivity contribution >= 4 is 22.9 Å². The molecule has 0 fully saturated rings. The third kappa shape index (κ3) is 4.26. The summed E-state index contributed by atoms with van der Waals surface area (Å²) < 4.78 is 5.33. The summed E-state index contributed by atoms with van der Waals surface area (Å²) in [5.41, 5.74) is 6.22. The largest absolute Gasteiger partial charge is 0.484 e. The van der Waals surface area contributed by atoms with Gasteiger partial charge in [0.1, 0.15) is 10.8 Å². The Labute approximate surface area is 115 Å². The Morgan fingerprint density at radius 1 is 1.42 bits per heavy atom. The van der Waals surface area contributed by atoms with Crippen LogP contribution in [0.25, 0.3) is 0 Å². The summed E-state index contributed by atoms with van der Waals surface area (Å²) in [5, 5.41) is 3.64. The van der Waals surface area contributed by atoms with Gasteiger partial charge in [0.25, 0.3) is 5.91 Å². The number of benzene rings is 1. The van der Waals surface area contributed by atoms with E-state index in [-0.39, 0.29) is 12.5 Å². The average molecular weight is 277 g/mol. The van der Waals surface area contributed by atoms with Crippen molar-refractivity contribution < 1.29 is 9.53 Å². The van der Waals surface area contributed by atoms with Crippen LogP contribution in [0.2, 0.25) is 0 Å². The Kier molecular flexibility index (Phi) is 4.35. The standard InChI is InChI=1S/C13H15N3O2S/c1-9-6-16-13(19-9)7-15-12(17)8-18-11-4-2-10(14)3-5-11/h2-6H,7-8,14H2,1H3,(H,15,17). The second-order valence-corrected chi connectivity index (χ2v) is 5.32. The maximum atomic E-state index is 11.6. The summed E-state index contributed by atoms with van der Waals surface area (Å²) in [7, 11) is 0. The Bertz CT molecular complexity index is 551. The summed E-state index contributed by atoms with van der Waals surface area (Å²) in [6.45, 7) is 2.39. The first-order valence-electron chi connectivity index (χ1n) is 5.80. The number of hydrogen-bond donors (Lipinski definition) is 2. The Morgan fingerprint density at radius 2 is 2.16 bits per heavy atom. The molecule has 2 aromatic rings. The molecule has 0 unspecified atom stereocenters. The maximum absolute atomic E-state index is 11.6. The fourth-order valence-electron chi connectivity index (χ4n) is 1.42. The van der Waals surface area contributed by atoms with Gasteiger partial charge in [-0.1, -0.05) is 0 Å². The van der Waals surface area contributed by atoms with Gasteiger partial charge < -0.3 is 15.8 Å². The van der Waals surface area contributed by atoms with Gasteiger partial charge in [0.05, 0.1) is 6.54 Å². The van der Waals surface area contributed by atoms with Crippen LogP contribution in [0.5, 0.6) is 5.75 Å². The molecule has 1 aromatic heterocycles. The first kappa shape index (κ1) is 13.4. The number of thiazole rings is 1. The van der Waals surface area contributed by atoms with Gasteiger partial charge in [0, 0.05) is 16.8 Å². The molecule has 0 radical (unpaired) electrons. The van der Waals surface area contributed by atoms with Crippen LogP contribution in [-0.2, 0) is 11.3 Å². The van der Waals surface area contributed by atoms with E-state index in [9.17, 15) is 4.79 Å². The molecule has 5 nitrogen and oxygen atoms in total. The van der Waals surface area contributed by atoms with Gasteiger partial charge in [-0.15, -0.1) is 11.3 Å². The van der Waals surface area contributed by atoms with Crippen molar-refractivity contribution in [3.8, 4) is 5.75 Å². The molecule has 6 heteroatoms. The van der Waals surface area contributed by atoms with Gasteiger partial charge in [0.15, 0.2) is 6.61 Å². The van der Waals surface area contributed by atoms with E-state index in [1.807, 2.05) is 6.92 Å². The van der Waals surface area contributed by atoms with E-state index >= 15 is 0 Å². The number of nitrogen functional groups attached to an aromatic ring is 1. The first-order valence-corrected chi connectivity index (χ1v) is 6.61. The van der Waals surface area contributed by atoms with E-state index in [0.29, 0.717) is 18.0 Å². The van der Waals surface area contributed by atoms with Crippen LogP contribution in [0.3, 0.4) is 0 Å². The number of carbonyl (C=O) groups is 1. The molecule has 1 amide bonds. The third-order valence-electron chi connectivity index (χ3n) is 2.36. The Morgan fingerprint density at radius 3 is 2.79 bits per heavy atom. The number of nitrogens with one attached hydrogen (secondary N) is 1. The number of aryl methyl sites for hydroxylation is 1. The van der Waals surface area contributed by atoms with Crippen molar-refractivity contribution in [2.75, 3.05) is 12.3 Å². The van der Waals surface area contributed by atoms with E-state index in [1.54, 1.807) is 41.8 Å². The van der Waals surface area contributed by atoms with Gasteiger partial charge in [-0.3, -0.25) is 4.79 Å². The summed E-state index contributed by atoms with van der Waals surface area (Å²) in [6, 6.07) is 6.91. The molecule has 1 aromatic carbocycles. The second kappa shape index (κ2) is 6.19. The quantitative estimate of drug-likeness (QED) is 0.816. The van der Waals surface area contributed by atoms with Crippen LogP contribution >= 0.6 is 11.3 Å². The smallest absolute Gasteiger partial charge is 0.258 e. The highest BCUT2D eigenvalue weighted by atomic mass is 32.1. The number of nitrogens with zero attached hydrogens (tertiary/aromatic N) is 1. The normalized spacial score (nSPS) is 10.2. The molecule has 2 rings (SSSR count). The van der Waals surface area contributed by atoms with Crippen LogP contribution in [0.15, 0.2) is 30.5 Å². The molecule has 0 aliphatic carbocycles. The molecule has 0 aliphatic heterocycles. The van der Waals surface area contributed by atoms with Crippen LogP contribution in [0.1, 0.15) is 9.88 Å². The van der Waals surface area contributed by atoms with Crippen molar-refractivity contribution in [1.29, 1.82) is 0 Å². The molecule has 0 spiro atoms. The van der Waals surface area contributed by atoms with E-state index in [0.717, 1.165) is 9.88 Å². The molecule has 0 atom stereocenters. The number of anilines is 1. The highest BCUT2D eigenvalue weighted by molar-refractivity contribution is 7.11. The Balaban J connectivity index is 1.74. The number of aromatic nitrogens is 1. The summed E-state index contributed by atoms with van der Waals surface area (Å²) in [6.07, 6.45) is 1.79. The second-order valence-electron chi connectivity index (χ2n) is 4.00. The molecular formula is C13H15N3O2S. The van der Waals surface area contributed by atoms with Crippen LogP contribution < -0.4 is 15.8 Å². The SMILES string of the molecule is Cc1cnc(CNC(=O)COc2ccc(N)cc2)s1. The zero-order valence-electron chi connectivity index (χ0n) is 10.6. The number of amides is 1. The van der Waals surface area contributed by atoms with E-state index < -0.39 is 0 Å². The predicted octanol–water partition coefficient (Wildman–Crippen LogP) is 1.73. The number of hydrogen-bond acceptors (Lipinski definition) is 5. The Hall–Kier alpha value is -2.08. The van der Waals surface area contributed by atoms with Gasteiger partial charge in [-0.25, -0.2) is 4.98 Å². The monoisotopic (exact) mass is 277 g/mol. The topological polar surface area (TPSA) is 77.2 Å². The van der Waals surface area contributed by atoms with Gasteiger partial charge >= 0.3 is 0 Å². The molecule has 0 aliphatic rings. The molecule has 100 valence electrons. The molecule has 0 saturated heterocycles. The zero-order valence-corrected chi connectivity index (χ0v) is 11.4. The third-order valence-corrected chi connectivity index (χ3v) is 3.27. The van der Waals surface area contributed by atoms with Gasteiger partial charge in [-0.05, 0) is 31.2 Å². The lowest BCUT2D eigenvalue weighted by Gasteiger charge is -2.06. The molecule has 0 bridgehead atoms. The van der Waals surface area contributed by atoms with Crippen molar-refractivity contribution in [2.45, 2.75) is 13.5 Å². The minimum atomic E-state index is -0.176. The molecular weight excluding hydrogens is 262 g/mol. The highest BCUT2D eigenvalue weighted by Gasteiger charge is 2.04. The highest BCUT2D eigenvalue weighted by Crippen LogP contribution is 2.13. The van der Waals surface area contributed by atoms with Crippen LogP contribution in [-0.4, -0.2) is 17.5 Å². The van der Waals surface area contributed by atoms with Crippen LogP contribution in [0, 0.1) is 6.92 Å². The lowest BCUT2D eigenvalue weighted by atomic mass is 10.3. The maximum Gasteiger partial charge on any atom is 0.258 e. The van der Waals surface area contributed by atoms with Crippen LogP contribution in [0.4, 0.5) is 5.69 Å². The van der Waals surface area contributed by atoms with Gasteiger partial charge in [-0.2, -0.15) is 0 Å². The lowest BCUT2D eigenvalue weighted by molar-refractivity contribution is -0.123.